The van der Waals surface area contributed by atoms with Gasteiger partial charge in [0.2, 0.25) is 0 Å². The highest BCUT2D eigenvalue weighted by molar-refractivity contribution is 9.09. The molecule has 100 valence electrons. The van der Waals surface area contributed by atoms with Gasteiger partial charge in [-0.05, 0) is 47.7 Å². The highest BCUT2D eigenvalue weighted by Crippen LogP contribution is 2.34. The minimum atomic E-state index is 0.226. The van der Waals surface area contributed by atoms with E-state index in [1.807, 2.05) is 6.07 Å². The summed E-state index contributed by atoms with van der Waals surface area (Å²) >= 11 is 3.80. The van der Waals surface area contributed by atoms with Crippen molar-refractivity contribution in [1.82, 2.24) is 0 Å². The van der Waals surface area contributed by atoms with Crippen molar-refractivity contribution in [3.63, 3.8) is 0 Å². The summed E-state index contributed by atoms with van der Waals surface area (Å²) in [4.78, 5) is 0.226. The Kier molecular flexibility index (Phi) is 4.65. The predicted molar refractivity (Wildman–Crippen MR) is 84.3 cm³/mol. The number of benzene rings is 2. The van der Waals surface area contributed by atoms with Crippen LogP contribution in [0, 0.1) is 6.92 Å². The SMILES string of the molecule is CCc1ccc(C(Br)c2ccc(OC)cc2C)cc1. The second-order valence-electron chi connectivity index (χ2n) is 4.68. The first-order chi connectivity index (χ1) is 9.15. The molecule has 1 unspecified atom stereocenters. The van der Waals surface area contributed by atoms with E-state index in [-0.39, 0.29) is 4.83 Å². The van der Waals surface area contributed by atoms with E-state index in [0.29, 0.717) is 0 Å². The van der Waals surface area contributed by atoms with Gasteiger partial charge in [-0.3, -0.25) is 0 Å². The van der Waals surface area contributed by atoms with Crippen LogP contribution in [-0.2, 0) is 6.42 Å². The van der Waals surface area contributed by atoms with Crippen LogP contribution < -0.4 is 4.74 Å². The summed E-state index contributed by atoms with van der Waals surface area (Å²) in [5.74, 6) is 0.905. The Labute approximate surface area is 123 Å². The molecule has 0 radical (unpaired) electrons. The van der Waals surface area contributed by atoms with Crippen LogP contribution in [0.2, 0.25) is 0 Å². The number of aryl methyl sites for hydroxylation is 2. The molecule has 0 N–H and O–H groups in total. The molecule has 2 heteroatoms. The zero-order valence-electron chi connectivity index (χ0n) is 11.6. The Morgan fingerprint density at radius 3 is 2.32 bits per heavy atom. The smallest absolute Gasteiger partial charge is 0.119 e. The molecule has 1 nitrogen and oxygen atoms in total. The van der Waals surface area contributed by atoms with E-state index in [9.17, 15) is 0 Å². The number of halogens is 1. The van der Waals surface area contributed by atoms with Crippen molar-refractivity contribution in [3.05, 3.63) is 64.7 Å². The molecule has 2 rings (SSSR count). The quantitative estimate of drug-likeness (QED) is 0.717. The first kappa shape index (κ1) is 14.1. The summed E-state index contributed by atoms with van der Waals surface area (Å²) in [7, 11) is 1.70. The maximum absolute atomic E-state index is 5.25. The lowest BCUT2D eigenvalue weighted by atomic mass is 9.99. The lowest BCUT2D eigenvalue weighted by molar-refractivity contribution is 0.414. The van der Waals surface area contributed by atoms with Gasteiger partial charge in [0, 0.05) is 0 Å². The summed E-state index contributed by atoms with van der Waals surface area (Å²) in [6, 6.07) is 15.0. The molecular formula is C17H19BrO. The normalized spacial score (nSPS) is 12.2. The van der Waals surface area contributed by atoms with Crippen molar-refractivity contribution in [2.75, 3.05) is 7.11 Å². The van der Waals surface area contributed by atoms with Crippen molar-refractivity contribution >= 4 is 15.9 Å². The van der Waals surface area contributed by atoms with Crippen LogP contribution in [0.1, 0.15) is 34.0 Å². The lowest BCUT2D eigenvalue weighted by Gasteiger charge is -2.15. The number of hydrogen-bond acceptors (Lipinski definition) is 1. The van der Waals surface area contributed by atoms with E-state index in [1.165, 1.54) is 22.3 Å². The first-order valence-electron chi connectivity index (χ1n) is 6.53. The fourth-order valence-electron chi connectivity index (χ4n) is 2.16. The van der Waals surface area contributed by atoms with Gasteiger partial charge in [-0.15, -0.1) is 0 Å². The zero-order valence-corrected chi connectivity index (χ0v) is 13.2. The summed E-state index contributed by atoms with van der Waals surface area (Å²) in [6.45, 7) is 4.29. The number of rotatable bonds is 4. The second-order valence-corrected chi connectivity index (χ2v) is 5.60. The summed E-state index contributed by atoms with van der Waals surface area (Å²) in [5, 5.41) is 0. The highest BCUT2D eigenvalue weighted by atomic mass is 79.9. The summed E-state index contributed by atoms with van der Waals surface area (Å²) in [6.07, 6.45) is 1.08. The monoisotopic (exact) mass is 318 g/mol. The average molecular weight is 319 g/mol. The van der Waals surface area contributed by atoms with Gasteiger partial charge < -0.3 is 4.74 Å². The molecule has 0 aliphatic carbocycles. The molecule has 2 aromatic carbocycles. The molecule has 0 spiro atoms. The Morgan fingerprint density at radius 2 is 1.79 bits per heavy atom. The third-order valence-corrected chi connectivity index (χ3v) is 4.45. The van der Waals surface area contributed by atoms with Crippen LogP contribution in [0.4, 0.5) is 0 Å². The highest BCUT2D eigenvalue weighted by Gasteiger charge is 2.13. The fourth-order valence-corrected chi connectivity index (χ4v) is 2.98. The molecule has 0 saturated heterocycles. The van der Waals surface area contributed by atoms with Crippen LogP contribution >= 0.6 is 15.9 Å². The largest absolute Gasteiger partial charge is 0.497 e. The maximum atomic E-state index is 5.25. The summed E-state index contributed by atoms with van der Waals surface area (Å²) in [5.41, 5.74) is 5.17. The molecule has 0 saturated carbocycles. The van der Waals surface area contributed by atoms with Crippen molar-refractivity contribution in [3.8, 4) is 5.75 Å². The van der Waals surface area contributed by atoms with E-state index in [2.05, 4.69) is 66.2 Å². The fraction of sp³-hybridized carbons (Fsp3) is 0.294. The first-order valence-corrected chi connectivity index (χ1v) is 7.44. The van der Waals surface area contributed by atoms with Crippen LogP contribution in [0.25, 0.3) is 0 Å². The topological polar surface area (TPSA) is 9.23 Å². The molecule has 0 aliphatic rings. The number of hydrogen-bond donors (Lipinski definition) is 0. The minimum absolute atomic E-state index is 0.226. The molecule has 0 aliphatic heterocycles. The molecular weight excluding hydrogens is 300 g/mol. The van der Waals surface area contributed by atoms with Gasteiger partial charge in [0.1, 0.15) is 5.75 Å². The molecule has 2 aromatic rings. The second kappa shape index (κ2) is 6.25. The van der Waals surface area contributed by atoms with Crippen molar-refractivity contribution in [1.29, 1.82) is 0 Å². The lowest BCUT2D eigenvalue weighted by Crippen LogP contribution is -1.97. The molecule has 19 heavy (non-hydrogen) atoms. The molecule has 0 aromatic heterocycles. The molecule has 1 atom stereocenters. The molecule has 0 fully saturated rings. The van der Waals surface area contributed by atoms with E-state index in [0.717, 1.165) is 12.2 Å². The third kappa shape index (κ3) is 3.19. The van der Waals surface area contributed by atoms with Crippen molar-refractivity contribution in [2.45, 2.75) is 25.1 Å². The number of ether oxygens (including phenoxy) is 1. The Balaban J connectivity index is 2.29. The van der Waals surface area contributed by atoms with E-state index in [4.69, 9.17) is 4.74 Å². The third-order valence-electron chi connectivity index (χ3n) is 3.43. The van der Waals surface area contributed by atoms with E-state index >= 15 is 0 Å². The van der Waals surface area contributed by atoms with Gasteiger partial charge in [0.15, 0.2) is 0 Å². The minimum Gasteiger partial charge on any atom is -0.497 e. The van der Waals surface area contributed by atoms with E-state index < -0.39 is 0 Å². The van der Waals surface area contributed by atoms with Gasteiger partial charge in [0.25, 0.3) is 0 Å². The zero-order chi connectivity index (χ0) is 13.8. The van der Waals surface area contributed by atoms with Crippen LogP contribution in [0.15, 0.2) is 42.5 Å². The standard InChI is InChI=1S/C17H19BrO/c1-4-13-5-7-14(8-6-13)17(18)16-10-9-15(19-3)11-12(16)2/h5-11,17H,4H2,1-3H3. The van der Waals surface area contributed by atoms with Crippen molar-refractivity contribution in [2.24, 2.45) is 0 Å². The number of methoxy groups -OCH3 is 1. The molecule has 0 amide bonds. The van der Waals surface area contributed by atoms with Crippen LogP contribution in [-0.4, -0.2) is 7.11 Å². The Bertz CT molecular complexity index is 546. The average Bonchev–Trinajstić information content (AvgIpc) is 2.46. The molecule has 0 heterocycles. The van der Waals surface area contributed by atoms with Crippen LogP contribution in [0.5, 0.6) is 5.75 Å². The van der Waals surface area contributed by atoms with Crippen molar-refractivity contribution < 1.29 is 4.74 Å². The predicted octanol–water partition coefficient (Wildman–Crippen LogP) is 5.05. The Hall–Kier alpha value is -1.28. The molecule has 0 bridgehead atoms. The van der Waals surface area contributed by atoms with Gasteiger partial charge in [0.05, 0.1) is 11.9 Å². The summed E-state index contributed by atoms with van der Waals surface area (Å²) < 4.78 is 5.25. The number of alkyl halides is 1. The maximum Gasteiger partial charge on any atom is 0.119 e. The van der Waals surface area contributed by atoms with Crippen LogP contribution in [0.3, 0.4) is 0 Å². The van der Waals surface area contributed by atoms with Gasteiger partial charge >= 0.3 is 0 Å². The Morgan fingerprint density at radius 1 is 1.11 bits per heavy atom. The van der Waals surface area contributed by atoms with Gasteiger partial charge in [-0.1, -0.05) is 53.2 Å². The van der Waals surface area contributed by atoms with Gasteiger partial charge in [-0.2, -0.15) is 0 Å². The van der Waals surface area contributed by atoms with E-state index in [1.54, 1.807) is 7.11 Å². The van der Waals surface area contributed by atoms with Gasteiger partial charge in [-0.25, -0.2) is 0 Å².